The predicted molar refractivity (Wildman–Crippen MR) is 110 cm³/mol. The fourth-order valence-electron chi connectivity index (χ4n) is 3.07. The highest BCUT2D eigenvalue weighted by molar-refractivity contribution is 9.10. The van der Waals surface area contributed by atoms with Gasteiger partial charge in [0, 0.05) is 29.7 Å². The van der Waals surface area contributed by atoms with Crippen molar-refractivity contribution in [2.24, 2.45) is 0 Å². The Morgan fingerprint density at radius 2 is 1.86 bits per heavy atom. The summed E-state index contributed by atoms with van der Waals surface area (Å²) in [7, 11) is -3.57. The minimum absolute atomic E-state index is 0.0345. The van der Waals surface area contributed by atoms with Crippen LogP contribution in [0.1, 0.15) is 28.8 Å². The minimum Gasteiger partial charge on any atom is -0.383 e. The molecule has 0 bridgehead atoms. The standard InChI is InChI=1S/C20H22BrNO5S/c1-28(24,25)27-18-10-4-15(5-11-18)13-22(14-19-3-2-12-26-19)20(23)16-6-8-17(21)9-7-16/h4-11,19H,2-3,12-14H2,1H3/t19-/m0/s1. The second-order valence-electron chi connectivity index (χ2n) is 6.76. The SMILES string of the molecule is CS(=O)(=O)Oc1ccc(CN(C[C@@H]2CCCO2)C(=O)c2ccc(Br)cc2)cc1. The van der Waals surface area contributed by atoms with E-state index in [1.54, 1.807) is 41.3 Å². The third-order valence-electron chi connectivity index (χ3n) is 4.37. The maximum Gasteiger partial charge on any atom is 0.306 e. The van der Waals surface area contributed by atoms with Crippen molar-refractivity contribution in [3.63, 3.8) is 0 Å². The number of rotatable bonds is 7. The van der Waals surface area contributed by atoms with Crippen LogP contribution in [0.4, 0.5) is 0 Å². The summed E-state index contributed by atoms with van der Waals surface area (Å²) in [6, 6.07) is 14.0. The van der Waals surface area contributed by atoms with Crippen LogP contribution in [0, 0.1) is 0 Å². The van der Waals surface area contributed by atoms with Crippen molar-refractivity contribution in [1.29, 1.82) is 0 Å². The van der Waals surface area contributed by atoms with Crippen LogP contribution >= 0.6 is 15.9 Å². The first-order valence-electron chi connectivity index (χ1n) is 8.95. The zero-order chi connectivity index (χ0) is 20.1. The fourth-order valence-corrected chi connectivity index (χ4v) is 3.80. The van der Waals surface area contributed by atoms with Crippen LogP contribution in [0.3, 0.4) is 0 Å². The topological polar surface area (TPSA) is 72.9 Å². The van der Waals surface area contributed by atoms with E-state index in [4.69, 9.17) is 8.92 Å². The fraction of sp³-hybridized carbons (Fsp3) is 0.350. The molecule has 1 aliphatic rings. The van der Waals surface area contributed by atoms with Crippen LogP contribution in [-0.2, 0) is 21.4 Å². The molecule has 8 heteroatoms. The van der Waals surface area contributed by atoms with Crippen LogP contribution in [0.25, 0.3) is 0 Å². The summed E-state index contributed by atoms with van der Waals surface area (Å²) in [6.45, 7) is 1.63. The summed E-state index contributed by atoms with van der Waals surface area (Å²) >= 11 is 3.38. The molecule has 0 N–H and O–H groups in total. The summed E-state index contributed by atoms with van der Waals surface area (Å²) in [4.78, 5) is 14.8. The number of carbonyl (C=O) groups excluding carboxylic acids is 1. The van der Waals surface area contributed by atoms with E-state index >= 15 is 0 Å². The number of nitrogens with zero attached hydrogens (tertiary/aromatic N) is 1. The molecule has 2 aromatic rings. The molecule has 0 aromatic heterocycles. The minimum atomic E-state index is -3.57. The molecule has 0 unspecified atom stereocenters. The summed E-state index contributed by atoms with van der Waals surface area (Å²) < 4.78 is 34.0. The zero-order valence-corrected chi connectivity index (χ0v) is 17.9. The van der Waals surface area contributed by atoms with Crippen LogP contribution in [0.2, 0.25) is 0 Å². The lowest BCUT2D eigenvalue weighted by atomic mass is 10.1. The van der Waals surface area contributed by atoms with E-state index < -0.39 is 10.1 Å². The van der Waals surface area contributed by atoms with E-state index in [-0.39, 0.29) is 17.8 Å². The van der Waals surface area contributed by atoms with E-state index in [1.165, 1.54) is 0 Å². The van der Waals surface area contributed by atoms with Gasteiger partial charge in [0.15, 0.2) is 0 Å². The van der Waals surface area contributed by atoms with Crippen LogP contribution < -0.4 is 4.18 Å². The second kappa shape index (κ2) is 9.07. The smallest absolute Gasteiger partial charge is 0.306 e. The summed E-state index contributed by atoms with van der Waals surface area (Å²) in [6.07, 6.45) is 2.97. The number of halogens is 1. The number of ether oxygens (including phenoxy) is 1. The largest absolute Gasteiger partial charge is 0.383 e. The molecule has 6 nitrogen and oxygen atoms in total. The van der Waals surface area contributed by atoms with Crippen molar-refractivity contribution in [2.45, 2.75) is 25.5 Å². The summed E-state index contributed by atoms with van der Waals surface area (Å²) in [5.74, 6) is 0.177. The second-order valence-corrected chi connectivity index (χ2v) is 9.25. The van der Waals surface area contributed by atoms with Gasteiger partial charge in [-0.25, -0.2) is 0 Å². The first kappa shape index (κ1) is 20.8. The number of carbonyl (C=O) groups is 1. The van der Waals surface area contributed by atoms with E-state index in [0.717, 1.165) is 35.7 Å². The maximum atomic E-state index is 13.1. The van der Waals surface area contributed by atoms with Crippen molar-refractivity contribution in [2.75, 3.05) is 19.4 Å². The lowest BCUT2D eigenvalue weighted by Crippen LogP contribution is -2.37. The van der Waals surface area contributed by atoms with Gasteiger partial charge in [-0.3, -0.25) is 4.79 Å². The Morgan fingerprint density at radius 1 is 1.18 bits per heavy atom. The Hall–Kier alpha value is -1.90. The van der Waals surface area contributed by atoms with Gasteiger partial charge in [0.1, 0.15) is 5.75 Å². The average Bonchev–Trinajstić information content (AvgIpc) is 3.15. The van der Waals surface area contributed by atoms with Crippen molar-refractivity contribution in [1.82, 2.24) is 4.90 Å². The molecule has 150 valence electrons. The molecule has 28 heavy (non-hydrogen) atoms. The van der Waals surface area contributed by atoms with E-state index in [2.05, 4.69) is 15.9 Å². The van der Waals surface area contributed by atoms with Crippen molar-refractivity contribution in [3.05, 3.63) is 64.1 Å². The zero-order valence-electron chi connectivity index (χ0n) is 15.5. The van der Waals surface area contributed by atoms with Gasteiger partial charge in [-0.15, -0.1) is 0 Å². The molecule has 2 aromatic carbocycles. The molecular weight excluding hydrogens is 446 g/mol. The molecule has 1 fully saturated rings. The van der Waals surface area contributed by atoms with Gasteiger partial charge in [0.05, 0.1) is 12.4 Å². The number of hydrogen-bond donors (Lipinski definition) is 0. The van der Waals surface area contributed by atoms with E-state index in [9.17, 15) is 13.2 Å². The van der Waals surface area contributed by atoms with Gasteiger partial charge in [-0.1, -0.05) is 28.1 Å². The van der Waals surface area contributed by atoms with E-state index in [1.807, 2.05) is 12.1 Å². The first-order chi connectivity index (χ1) is 13.3. The molecule has 1 amide bonds. The lowest BCUT2D eigenvalue weighted by Gasteiger charge is -2.26. The normalized spacial score (nSPS) is 16.7. The molecule has 0 radical (unpaired) electrons. The monoisotopic (exact) mass is 467 g/mol. The van der Waals surface area contributed by atoms with Crippen LogP contribution in [0.5, 0.6) is 5.75 Å². The average molecular weight is 468 g/mol. The van der Waals surface area contributed by atoms with Crippen LogP contribution in [0.15, 0.2) is 53.0 Å². The van der Waals surface area contributed by atoms with Gasteiger partial charge < -0.3 is 13.8 Å². The number of amides is 1. The lowest BCUT2D eigenvalue weighted by molar-refractivity contribution is 0.0507. The van der Waals surface area contributed by atoms with E-state index in [0.29, 0.717) is 18.7 Å². The molecule has 1 atom stereocenters. The highest BCUT2D eigenvalue weighted by Gasteiger charge is 2.23. The van der Waals surface area contributed by atoms with Crippen molar-refractivity contribution in [3.8, 4) is 5.75 Å². The van der Waals surface area contributed by atoms with Gasteiger partial charge in [0.25, 0.3) is 5.91 Å². The Bertz CT molecular complexity index is 907. The Morgan fingerprint density at radius 3 is 2.43 bits per heavy atom. The van der Waals surface area contributed by atoms with Gasteiger partial charge in [0.2, 0.25) is 0 Å². The highest BCUT2D eigenvalue weighted by Crippen LogP contribution is 2.20. The van der Waals surface area contributed by atoms with Gasteiger partial charge in [-0.05, 0) is 54.8 Å². The summed E-state index contributed by atoms with van der Waals surface area (Å²) in [5, 5.41) is 0. The third kappa shape index (κ3) is 6.05. The molecule has 0 aliphatic carbocycles. The number of benzene rings is 2. The summed E-state index contributed by atoms with van der Waals surface area (Å²) in [5.41, 5.74) is 1.49. The molecule has 1 heterocycles. The molecule has 1 aliphatic heterocycles. The Labute approximate surface area is 173 Å². The first-order valence-corrected chi connectivity index (χ1v) is 11.6. The maximum absolute atomic E-state index is 13.1. The van der Waals surface area contributed by atoms with Crippen molar-refractivity contribution < 1.29 is 22.1 Å². The van der Waals surface area contributed by atoms with Crippen molar-refractivity contribution >= 4 is 32.0 Å². The van der Waals surface area contributed by atoms with Gasteiger partial charge in [-0.2, -0.15) is 8.42 Å². The molecule has 3 rings (SSSR count). The molecule has 0 saturated carbocycles. The Kier molecular flexibility index (Phi) is 6.74. The molecule has 0 spiro atoms. The Balaban J connectivity index is 1.76. The third-order valence-corrected chi connectivity index (χ3v) is 5.39. The van der Waals surface area contributed by atoms with Gasteiger partial charge >= 0.3 is 10.1 Å². The predicted octanol–water partition coefficient (Wildman–Crippen LogP) is 3.61. The molecule has 1 saturated heterocycles. The quantitative estimate of drug-likeness (QED) is 0.581. The number of hydrogen-bond acceptors (Lipinski definition) is 5. The molecular formula is C20H22BrNO5S. The van der Waals surface area contributed by atoms with Crippen LogP contribution in [-0.4, -0.2) is 44.7 Å². The highest BCUT2D eigenvalue weighted by atomic mass is 79.9.